The van der Waals surface area contributed by atoms with Gasteiger partial charge in [0.1, 0.15) is 4.88 Å². The van der Waals surface area contributed by atoms with Crippen molar-refractivity contribution in [1.82, 2.24) is 20.2 Å². The van der Waals surface area contributed by atoms with Crippen LogP contribution in [0.5, 0.6) is 0 Å². The molecule has 7 heteroatoms. The van der Waals surface area contributed by atoms with Crippen LogP contribution in [0.15, 0.2) is 18.2 Å². The summed E-state index contributed by atoms with van der Waals surface area (Å²) in [6, 6.07) is 5.75. The highest BCUT2D eigenvalue weighted by Gasteiger charge is 2.33. The number of likely N-dealkylation sites (tertiary alicyclic amines) is 1. The van der Waals surface area contributed by atoms with Crippen molar-refractivity contribution in [1.29, 1.82) is 0 Å². The highest BCUT2D eigenvalue weighted by Crippen LogP contribution is 2.33. The Kier molecular flexibility index (Phi) is 5.13. The van der Waals surface area contributed by atoms with Gasteiger partial charge >= 0.3 is 0 Å². The van der Waals surface area contributed by atoms with Crippen molar-refractivity contribution >= 4 is 23.2 Å². The number of amides is 2. The second-order valence-corrected chi connectivity index (χ2v) is 7.47. The van der Waals surface area contributed by atoms with E-state index < -0.39 is 0 Å². The summed E-state index contributed by atoms with van der Waals surface area (Å²) < 4.78 is 0. The summed E-state index contributed by atoms with van der Waals surface area (Å²) in [5, 5.41) is 3.67. The molecule has 1 aliphatic heterocycles. The van der Waals surface area contributed by atoms with Crippen LogP contribution >= 0.6 is 11.3 Å². The first-order valence-electron chi connectivity index (χ1n) is 8.41. The fraction of sp³-hybridized carbons (Fsp3) is 0.444. The molecule has 0 aliphatic carbocycles. The lowest BCUT2D eigenvalue weighted by atomic mass is 10.1. The van der Waals surface area contributed by atoms with Crippen molar-refractivity contribution in [3.05, 3.63) is 45.2 Å². The van der Waals surface area contributed by atoms with Crippen LogP contribution in [0.3, 0.4) is 0 Å². The topological polar surface area (TPSA) is 75.2 Å². The average Bonchev–Trinajstić information content (AvgIpc) is 3.19. The predicted molar refractivity (Wildman–Crippen MR) is 96.4 cm³/mol. The molecule has 3 heterocycles. The minimum absolute atomic E-state index is 0.0217. The van der Waals surface area contributed by atoms with Crippen LogP contribution in [0.2, 0.25) is 0 Å². The lowest BCUT2D eigenvalue weighted by Crippen LogP contribution is -2.31. The van der Waals surface area contributed by atoms with E-state index in [4.69, 9.17) is 0 Å². The molecular formula is C18H22N4O2S. The quantitative estimate of drug-likeness (QED) is 0.912. The first-order valence-corrected chi connectivity index (χ1v) is 9.22. The number of rotatable bonds is 4. The molecular weight excluding hydrogens is 336 g/mol. The number of carbonyl (C=O) groups is 2. The van der Waals surface area contributed by atoms with Gasteiger partial charge in [-0.25, -0.2) is 4.98 Å². The van der Waals surface area contributed by atoms with Gasteiger partial charge in [-0.3, -0.25) is 14.6 Å². The molecule has 1 atom stereocenters. The minimum Gasteiger partial charge on any atom is -0.351 e. The number of nitrogens with zero attached hydrogens (tertiary/aromatic N) is 3. The Bertz CT molecular complexity index is 802. The van der Waals surface area contributed by atoms with Gasteiger partial charge < -0.3 is 10.2 Å². The second kappa shape index (κ2) is 7.31. The minimum atomic E-state index is -0.0825. The molecule has 0 spiro atoms. The number of hydrogen-bond donors (Lipinski definition) is 1. The molecule has 2 aromatic rings. The largest absolute Gasteiger partial charge is 0.351 e. The van der Waals surface area contributed by atoms with Gasteiger partial charge in [0, 0.05) is 13.5 Å². The van der Waals surface area contributed by atoms with Gasteiger partial charge in [0.15, 0.2) is 0 Å². The SMILES string of the molecule is CC(=O)NCc1cccc(C2CCCN2C(=O)c2sc(C)nc2C)n1. The summed E-state index contributed by atoms with van der Waals surface area (Å²) in [4.78, 5) is 35.7. The van der Waals surface area contributed by atoms with Crippen molar-refractivity contribution in [3.63, 3.8) is 0 Å². The normalized spacial score (nSPS) is 16.9. The van der Waals surface area contributed by atoms with Gasteiger partial charge in [-0.05, 0) is 38.8 Å². The Balaban J connectivity index is 1.82. The summed E-state index contributed by atoms with van der Waals surface area (Å²) >= 11 is 1.45. The summed E-state index contributed by atoms with van der Waals surface area (Å²) in [5.74, 6) is -0.0411. The molecule has 2 aromatic heterocycles. The van der Waals surface area contributed by atoms with Crippen LogP contribution in [0.25, 0.3) is 0 Å². The Morgan fingerprint density at radius 3 is 2.80 bits per heavy atom. The Morgan fingerprint density at radius 2 is 2.12 bits per heavy atom. The Labute approximate surface area is 151 Å². The van der Waals surface area contributed by atoms with Crippen molar-refractivity contribution in [3.8, 4) is 0 Å². The first kappa shape index (κ1) is 17.5. The third-order valence-electron chi connectivity index (χ3n) is 4.30. The first-order chi connectivity index (χ1) is 12.0. The molecule has 1 saturated heterocycles. The molecule has 0 saturated carbocycles. The molecule has 3 rings (SSSR count). The zero-order valence-electron chi connectivity index (χ0n) is 14.7. The summed E-state index contributed by atoms with van der Waals surface area (Å²) in [5.41, 5.74) is 2.48. The molecule has 0 radical (unpaired) electrons. The molecule has 0 aromatic carbocycles. The van der Waals surface area contributed by atoms with Crippen LogP contribution in [0.1, 0.15) is 57.6 Å². The third-order valence-corrected chi connectivity index (χ3v) is 5.36. The van der Waals surface area contributed by atoms with E-state index in [1.165, 1.54) is 18.3 Å². The van der Waals surface area contributed by atoms with E-state index in [2.05, 4.69) is 15.3 Å². The Hall–Kier alpha value is -2.28. The predicted octanol–water partition coefficient (Wildman–Crippen LogP) is 2.77. The summed E-state index contributed by atoms with van der Waals surface area (Å²) in [7, 11) is 0. The van der Waals surface area contributed by atoms with Crippen LogP contribution in [-0.2, 0) is 11.3 Å². The van der Waals surface area contributed by atoms with Gasteiger partial charge in [0.05, 0.1) is 34.7 Å². The molecule has 25 heavy (non-hydrogen) atoms. The van der Waals surface area contributed by atoms with E-state index >= 15 is 0 Å². The number of pyridine rings is 1. The van der Waals surface area contributed by atoms with E-state index in [0.717, 1.165) is 46.4 Å². The highest BCUT2D eigenvalue weighted by atomic mass is 32.1. The maximum atomic E-state index is 13.0. The fourth-order valence-electron chi connectivity index (χ4n) is 3.17. The summed E-state index contributed by atoms with van der Waals surface area (Å²) in [6.45, 7) is 6.42. The van der Waals surface area contributed by atoms with Crippen LogP contribution in [0.4, 0.5) is 0 Å². The molecule has 2 amide bonds. The molecule has 132 valence electrons. The van der Waals surface area contributed by atoms with Crippen LogP contribution < -0.4 is 5.32 Å². The van der Waals surface area contributed by atoms with E-state index in [0.29, 0.717) is 6.54 Å². The lowest BCUT2D eigenvalue weighted by Gasteiger charge is -2.24. The maximum Gasteiger partial charge on any atom is 0.266 e. The average molecular weight is 358 g/mol. The van der Waals surface area contributed by atoms with Gasteiger partial charge in [-0.15, -0.1) is 11.3 Å². The number of carbonyl (C=O) groups excluding carboxylic acids is 2. The van der Waals surface area contributed by atoms with Gasteiger partial charge in [0.2, 0.25) is 5.91 Å². The number of hydrogen-bond acceptors (Lipinski definition) is 5. The van der Waals surface area contributed by atoms with E-state index in [-0.39, 0.29) is 17.9 Å². The molecule has 0 bridgehead atoms. The highest BCUT2D eigenvalue weighted by molar-refractivity contribution is 7.13. The van der Waals surface area contributed by atoms with Crippen LogP contribution in [0, 0.1) is 13.8 Å². The lowest BCUT2D eigenvalue weighted by molar-refractivity contribution is -0.119. The van der Waals surface area contributed by atoms with E-state index in [1.54, 1.807) is 0 Å². The summed E-state index contributed by atoms with van der Waals surface area (Å²) in [6.07, 6.45) is 1.87. The zero-order chi connectivity index (χ0) is 18.0. The van der Waals surface area contributed by atoms with Gasteiger partial charge in [0.25, 0.3) is 5.91 Å². The second-order valence-electron chi connectivity index (χ2n) is 6.27. The Morgan fingerprint density at radius 1 is 1.32 bits per heavy atom. The van der Waals surface area contributed by atoms with Gasteiger partial charge in [-0.1, -0.05) is 6.07 Å². The zero-order valence-corrected chi connectivity index (χ0v) is 15.5. The smallest absolute Gasteiger partial charge is 0.266 e. The molecule has 1 unspecified atom stereocenters. The van der Waals surface area contributed by atoms with Gasteiger partial charge in [-0.2, -0.15) is 0 Å². The fourth-order valence-corrected chi connectivity index (χ4v) is 4.05. The van der Waals surface area contributed by atoms with Crippen LogP contribution in [-0.4, -0.2) is 33.2 Å². The van der Waals surface area contributed by atoms with Crippen molar-refractivity contribution in [2.24, 2.45) is 0 Å². The number of aryl methyl sites for hydroxylation is 2. The van der Waals surface area contributed by atoms with Crippen molar-refractivity contribution in [2.45, 2.75) is 46.2 Å². The molecule has 1 N–H and O–H groups in total. The van der Waals surface area contributed by atoms with E-state index in [1.807, 2.05) is 36.9 Å². The van der Waals surface area contributed by atoms with Crippen molar-refractivity contribution in [2.75, 3.05) is 6.54 Å². The number of thiazole rings is 1. The number of nitrogens with one attached hydrogen (secondary N) is 1. The third kappa shape index (κ3) is 3.87. The maximum absolute atomic E-state index is 13.0. The monoisotopic (exact) mass is 358 g/mol. The van der Waals surface area contributed by atoms with Crippen molar-refractivity contribution < 1.29 is 9.59 Å². The molecule has 6 nitrogen and oxygen atoms in total. The number of aromatic nitrogens is 2. The standard InChI is InChI=1S/C18H22N4O2S/c1-11-17(25-13(3)20-11)18(24)22-9-5-8-16(22)15-7-4-6-14(21-15)10-19-12(2)23/h4,6-7,16H,5,8-10H2,1-3H3,(H,19,23). The molecule has 1 aliphatic rings. The van der Waals surface area contributed by atoms with E-state index in [9.17, 15) is 9.59 Å². The molecule has 1 fully saturated rings.